The molecule has 0 saturated heterocycles. The Morgan fingerprint density at radius 2 is 1.40 bits per heavy atom. The molecule has 15 heavy (non-hydrogen) atoms. The summed E-state index contributed by atoms with van der Waals surface area (Å²) in [4.78, 5) is 18.2. The van der Waals surface area contributed by atoms with Crippen LogP contribution in [0.1, 0.15) is 11.1 Å². The lowest BCUT2D eigenvalue weighted by Gasteiger charge is -1.91. The van der Waals surface area contributed by atoms with Gasteiger partial charge in [-0.1, -0.05) is 24.3 Å². The fourth-order valence-corrected chi connectivity index (χ4v) is 1.23. The lowest BCUT2D eigenvalue weighted by atomic mass is 10.1. The number of aliphatic carboxylic acids is 2. The van der Waals surface area contributed by atoms with Gasteiger partial charge in [0.1, 0.15) is 0 Å². The summed E-state index contributed by atoms with van der Waals surface area (Å²) >= 11 is 0. The van der Waals surface area contributed by atoms with Crippen molar-refractivity contribution >= 4 is 11.9 Å². The Kier molecular flexibility index (Phi) is 3.82. The van der Waals surface area contributed by atoms with Crippen LogP contribution in [0.5, 0.6) is 0 Å². The van der Waals surface area contributed by atoms with Crippen LogP contribution in [-0.4, -0.2) is 22.2 Å². The van der Waals surface area contributed by atoms with Gasteiger partial charge in [0.25, 0.3) is 0 Å². The Bertz CT molecular complexity index is 340. The van der Waals surface area contributed by atoms with Gasteiger partial charge in [-0.15, -0.1) is 0 Å². The Morgan fingerprint density at radius 1 is 1.00 bits per heavy atom. The van der Waals surface area contributed by atoms with E-state index in [9.17, 15) is 0 Å². The van der Waals surface area contributed by atoms with Crippen molar-refractivity contribution < 1.29 is 19.8 Å². The van der Waals surface area contributed by atoms with Crippen LogP contribution in [0.15, 0.2) is 24.3 Å². The molecule has 0 saturated carbocycles. The molecule has 0 fully saturated rings. The highest BCUT2D eigenvalue weighted by Crippen LogP contribution is 2.12. The highest BCUT2D eigenvalue weighted by atomic mass is 16.4. The van der Waals surface area contributed by atoms with Crippen molar-refractivity contribution in [2.75, 3.05) is 0 Å². The van der Waals surface area contributed by atoms with E-state index in [1.54, 1.807) is 0 Å². The van der Waals surface area contributed by atoms with Gasteiger partial charge in [0.15, 0.2) is 0 Å². The van der Waals surface area contributed by atoms with E-state index in [1.165, 1.54) is 11.1 Å². The average Bonchev–Trinajstić information content (AvgIpc) is 2.66. The number of hydrogen-bond acceptors (Lipinski definition) is 3. The van der Waals surface area contributed by atoms with E-state index in [2.05, 4.69) is 29.6 Å². The van der Waals surface area contributed by atoms with Crippen LogP contribution in [0.25, 0.3) is 0 Å². The zero-order chi connectivity index (χ0) is 11.3. The summed E-state index contributed by atoms with van der Waals surface area (Å²) in [6, 6.07) is 8.53. The van der Waals surface area contributed by atoms with E-state index < -0.39 is 11.9 Å². The van der Waals surface area contributed by atoms with Crippen molar-refractivity contribution in [3.8, 4) is 0 Å². The second-order valence-corrected chi connectivity index (χ2v) is 2.98. The fraction of sp³-hybridized carbons (Fsp3) is 0.200. The largest absolute Gasteiger partial charge is 0.473 e. The molecular weight excluding hydrogens is 198 g/mol. The van der Waals surface area contributed by atoms with Crippen molar-refractivity contribution in [3.05, 3.63) is 35.4 Å². The number of hydrogen-bond donors (Lipinski definition) is 3. The van der Waals surface area contributed by atoms with Gasteiger partial charge in [0.2, 0.25) is 0 Å². The molecule has 5 heteroatoms. The molecule has 0 aromatic heterocycles. The van der Waals surface area contributed by atoms with Crippen molar-refractivity contribution in [2.24, 2.45) is 0 Å². The number of carboxylic acids is 2. The Labute approximate surface area is 86.4 Å². The maximum atomic E-state index is 9.10. The van der Waals surface area contributed by atoms with Crippen LogP contribution >= 0.6 is 0 Å². The van der Waals surface area contributed by atoms with Gasteiger partial charge in [0.05, 0.1) is 0 Å². The van der Waals surface area contributed by atoms with Gasteiger partial charge in [-0.25, -0.2) is 9.59 Å². The number of carboxylic acid groups (broad SMARTS) is 2. The van der Waals surface area contributed by atoms with Crippen LogP contribution in [0.4, 0.5) is 0 Å². The highest BCUT2D eigenvalue weighted by molar-refractivity contribution is 6.27. The van der Waals surface area contributed by atoms with Crippen molar-refractivity contribution in [1.29, 1.82) is 0 Å². The lowest BCUT2D eigenvalue weighted by Crippen LogP contribution is -2.09. The average molecular weight is 209 g/mol. The monoisotopic (exact) mass is 209 g/mol. The molecule has 1 aliphatic rings. The van der Waals surface area contributed by atoms with E-state index in [0.717, 1.165) is 13.1 Å². The van der Waals surface area contributed by atoms with Gasteiger partial charge >= 0.3 is 11.9 Å². The van der Waals surface area contributed by atoms with Crippen LogP contribution < -0.4 is 5.32 Å². The van der Waals surface area contributed by atoms with Crippen molar-refractivity contribution in [1.82, 2.24) is 5.32 Å². The molecule has 5 nitrogen and oxygen atoms in total. The van der Waals surface area contributed by atoms with E-state index >= 15 is 0 Å². The van der Waals surface area contributed by atoms with Gasteiger partial charge in [-0.05, 0) is 11.1 Å². The maximum Gasteiger partial charge on any atom is 0.414 e. The Morgan fingerprint density at radius 3 is 1.73 bits per heavy atom. The van der Waals surface area contributed by atoms with Gasteiger partial charge in [0, 0.05) is 13.1 Å². The lowest BCUT2D eigenvalue weighted by molar-refractivity contribution is -0.159. The summed E-state index contributed by atoms with van der Waals surface area (Å²) in [5.74, 6) is -3.65. The predicted molar refractivity (Wildman–Crippen MR) is 52.3 cm³/mol. The molecule has 0 spiro atoms. The summed E-state index contributed by atoms with van der Waals surface area (Å²) < 4.78 is 0. The summed E-state index contributed by atoms with van der Waals surface area (Å²) in [6.45, 7) is 2.10. The second kappa shape index (κ2) is 5.11. The smallest absolute Gasteiger partial charge is 0.414 e. The number of nitrogens with one attached hydrogen (secondary N) is 1. The normalized spacial score (nSPS) is 12.3. The summed E-state index contributed by atoms with van der Waals surface area (Å²) in [5.41, 5.74) is 2.91. The Hall–Kier alpha value is -1.88. The van der Waals surface area contributed by atoms with E-state index in [-0.39, 0.29) is 0 Å². The molecule has 0 radical (unpaired) electrons. The first-order valence-electron chi connectivity index (χ1n) is 4.35. The van der Waals surface area contributed by atoms with E-state index in [0.29, 0.717) is 0 Å². The van der Waals surface area contributed by atoms with E-state index in [1.807, 2.05) is 0 Å². The molecule has 1 aromatic rings. The third kappa shape index (κ3) is 3.40. The van der Waals surface area contributed by atoms with Crippen LogP contribution in [0.3, 0.4) is 0 Å². The third-order valence-electron chi connectivity index (χ3n) is 1.93. The fourth-order valence-electron chi connectivity index (χ4n) is 1.23. The predicted octanol–water partition coefficient (Wildman–Crippen LogP) is 0.445. The van der Waals surface area contributed by atoms with Crippen molar-refractivity contribution in [3.63, 3.8) is 0 Å². The minimum Gasteiger partial charge on any atom is -0.473 e. The highest BCUT2D eigenvalue weighted by Gasteiger charge is 2.06. The van der Waals surface area contributed by atoms with Crippen LogP contribution in [0, 0.1) is 0 Å². The second-order valence-electron chi connectivity index (χ2n) is 2.98. The molecule has 1 aliphatic heterocycles. The molecule has 0 atom stereocenters. The van der Waals surface area contributed by atoms with Gasteiger partial charge in [-0.2, -0.15) is 0 Å². The number of fused-ring (bicyclic) bond motifs is 1. The first-order chi connectivity index (χ1) is 7.11. The molecule has 0 amide bonds. The molecule has 1 aromatic carbocycles. The van der Waals surface area contributed by atoms with E-state index in [4.69, 9.17) is 19.8 Å². The number of carbonyl (C=O) groups is 2. The summed E-state index contributed by atoms with van der Waals surface area (Å²) in [6.07, 6.45) is 0. The molecule has 2 rings (SSSR count). The molecular formula is C10H11NO4. The number of rotatable bonds is 0. The zero-order valence-electron chi connectivity index (χ0n) is 7.93. The van der Waals surface area contributed by atoms with Crippen molar-refractivity contribution in [2.45, 2.75) is 13.1 Å². The molecule has 0 aliphatic carbocycles. The topological polar surface area (TPSA) is 86.6 Å². The SMILES string of the molecule is O=C(O)C(=O)O.c1ccc2c(c1)CNC2. The summed E-state index contributed by atoms with van der Waals surface area (Å²) in [5, 5.41) is 18.1. The third-order valence-corrected chi connectivity index (χ3v) is 1.93. The minimum atomic E-state index is -1.82. The molecule has 1 heterocycles. The quantitative estimate of drug-likeness (QED) is 0.540. The number of benzene rings is 1. The maximum absolute atomic E-state index is 9.10. The van der Waals surface area contributed by atoms with Gasteiger partial charge < -0.3 is 15.5 Å². The first kappa shape index (κ1) is 11.2. The standard InChI is InChI=1S/C8H9N.C2H2O4/c1-2-4-8-6-9-5-7(8)3-1;3-1(4)2(5)6/h1-4,9H,5-6H2;(H,3,4)(H,5,6). The molecule has 80 valence electrons. The van der Waals surface area contributed by atoms with Crippen LogP contribution in [0.2, 0.25) is 0 Å². The Balaban J connectivity index is 0.000000167. The van der Waals surface area contributed by atoms with Gasteiger partial charge in [-0.3, -0.25) is 0 Å². The van der Waals surface area contributed by atoms with Crippen LogP contribution in [-0.2, 0) is 22.7 Å². The summed E-state index contributed by atoms with van der Waals surface area (Å²) in [7, 11) is 0. The molecule has 0 unspecified atom stereocenters. The zero-order valence-corrected chi connectivity index (χ0v) is 7.93. The first-order valence-corrected chi connectivity index (χ1v) is 4.35. The molecule has 0 bridgehead atoms. The molecule has 3 N–H and O–H groups in total. The minimum absolute atomic E-state index is 1.05.